The van der Waals surface area contributed by atoms with Crippen LogP contribution >= 0.6 is 0 Å². The van der Waals surface area contributed by atoms with Gasteiger partial charge in [0.15, 0.2) is 0 Å². The zero-order valence-electron chi connectivity index (χ0n) is 11.6. The molecule has 0 spiro atoms. The highest BCUT2D eigenvalue weighted by Gasteiger charge is 2.03. The summed E-state index contributed by atoms with van der Waals surface area (Å²) in [7, 11) is 0. The largest absolute Gasteiger partial charge is 0.354 e. The van der Waals surface area contributed by atoms with E-state index < -0.39 is 0 Å². The van der Waals surface area contributed by atoms with E-state index in [1.54, 1.807) is 0 Å². The average molecular weight is 250 g/mol. The summed E-state index contributed by atoms with van der Waals surface area (Å²) in [5.41, 5.74) is 4.94. The van der Waals surface area contributed by atoms with E-state index in [0.29, 0.717) is 11.5 Å². The Kier molecular flexibility index (Phi) is 3.87. The molecule has 0 bridgehead atoms. The third-order valence-electron chi connectivity index (χ3n) is 3.15. The first-order valence-electron chi connectivity index (χ1n) is 6.48. The molecule has 0 aliphatic carbocycles. The van der Waals surface area contributed by atoms with Gasteiger partial charge in [0.1, 0.15) is 6.07 Å². The minimum Gasteiger partial charge on any atom is -0.354 e. The van der Waals surface area contributed by atoms with Gasteiger partial charge in [0.05, 0.1) is 11.3 Å². The van der Waals surface area contributed by atoms with Crippen LogP contribution in [0.3, 0.4) is 0 Å². The standard InChI is InChI=1S/C17H18N2/c1-12(2)14-5-7-16(8-6-14)19-17-9-4-13(3)10-15(17)11-18/h4-10,12,19H,1-3H3. The molecule has 0 atom stereocenters. The number of nitriles is 1. The molecule has 0 amide bonds. The Hall–Kier alpha value is -2.27. The Morgan fingerprint density at radius 2 is 1.74 bits per heavy atom. The Bertz CT molecular complexity index is 604. The lowest BCUT2D eigenvalue weighted by Gasteiger charge is -2.11. The molecule has 0 aromatic heterocycles. The van der Waals surface area contributed by atoms with Crippen LogP contribution in [0.1, 0.15) is 36.5 Å². The Labute approximate surface area is 114 Å². The molecule has 96 valence electrons. The van der Waals surface area contributed by atoms with Crippen LogP contribution in [0.5, 0.6) is 0 Å². The van der Waals surface area contributed by atoms with Crippen LogP contribution in [-0.4, -0.2) is 0 Å². The summed E-state index contributed by atoms with van der Waals surface area (Å²) in [5.74, 6) is 0.531. The van der Waals surface area contributed by atoms with Crippen molar-refractivity contribution in [2.24, 2.45) is 0 Å². The minimum atomic E-state index is 0.531. The van der Waals surface area contributed by atoms with Gasteiger partial charge in [-0.25, -0.2) is 0 Å². The Balaban J connectivity index is 2.24. The fourth-order valence-corrected chi connectivity index (χ4v) is 1.97. The van der Waals surface area contributed by atoms with Gasteiger partial charge in [0, 0.05) is 5.69 Å². The molecule has 0 aliphatic rings. The van der Waals surface area contributed by atoms with Crippen LogP contribution in [0.25, 0.3) is 0 Å². The molecule has 2 nitrogen and oxygen atoms in total. The predicted octanol–water partition coefficient (Wildman–Crippen LogP) is 4.73. The van der Waals surface area contributed by atoms with Crippen molar-refractivity contribution < 1.29 is 0 Å². The third kappa shape index (κ3) is 3.14. The average Bonchev–Trinajstić information content (AvgIpc) is 2.41. The SMILES string of the molecule is Cc1ccc(Nc2ccc(C(C)C)cc2)c(C#N)c1. The van der Waals surface area contributed by atoms with Gasteiger partial charge < -0.3 is 5.32 Å². The maximum Gasteiger partial charge on any atom is 0.101 e. The summed E-state index contributed by atoms with van der Waals surface area (Å²) in [6, 6.07) is 16.4. The van der Waals surface area contributed by atoms with Crippen molar-refractivity contribution in [3.63, 3.8) is 0 Å². The second-order valence-electron chi connectivity index (χ2n) is 5.06. The van der Waals surface area contributed by atoms with E-state index in [-0.39, 0.29) is 0 Å². The van der Waals surface area contributed by atoms with Gasteiger partial charge in [0.25, 0.3) is 0 Å². The summed E-state index contributed by atoms with van der Waals surface area (Å²) in [5, 5.41) is 12.4. The van der Waals surface area contributed by atoms with E-state index in [0.717, 1.165) is 16.9 Å². The van der Waals surface area contributed by atoms with Crippen LogP contribution in [0.2, 0.25) is 0 Å². The molecule has 2 rings (SSSR count). The summed E-state index contributed by atoms with van der Waals surface area (Å²) < 4.78 is 0. The van der Waals surface area contributed by atoms with Crippen molar-refractivity contribution in [2.75, 3.05) is 5.32 Å². The van der Waals surface area contributed by atoms with E-state index in [2.05, 4.69) is 49.5 Å². The second kappa shape index (κ2) is 5.58. The fraction of sp³-hybridized carbons (Fsp3) is 0.235. The van der Waals surface area contributed by atoms with E-state index in [1.165, 1.54) is 5.56 Å². The number of benzene rings is 2. The quantitative estimate of drug-likeness (QED) is 0.854. The fourth-order valence-electron chi connectivity index (χ4n) is 1.97. The highest BCUT2D eigenvalue weighted by atomic mass is 14.9. The van der Waals surface area contributed by atoms with E-state index in [1.807, 2.05) is 25.1 Å². The summed E-state index contributed by atoms with van der Waals surface area (Å²) in [6.07, 6.45) is 0. The number of anilines is 2. The first kappa shape index (κ1) is 13.2. The van der Waals surface area contributed by atoms with Crippen LogP contribution in [0.4, 0.5) is 11.4 Å². The molecule has 0 heterocycles. The monoisotopic (exact) mass is 250 g/mol. The Morgan fingerprint density at radius 3 is 2.32 bits per heavy atom. The minimum absolute atomic E-state index is 0.531. The molecule has 0 unspecified atom stereocenters. The van der Waals surface area contributed by atoms with Crippen LogP contribution in [0.15, 0.2) is 42.5 Å². The molecule has 19 heavy (non-hydrogen) atoms. The summed E-state index contributed by atoms with van der Waals surface area (Å²) in [6.45, 7) is 6.34. The van der Waals surface area contributed by atoms with Gasteiger partial charge in [-0.05, 0) is 48.2 Å². The highest BCUT2D eigenvalue weighted by Crippen LogP contribution is 2.23. The van der Waals surface area contributed by atoms with Gasteiger partial charge in [-0.2, -0.15) is 5.26 Å². The Morgan fingerprint density at radius 1 is 1.05 bits per heavy atom. The molecule has 0 saturated carbocycles. The number of hydrogen-bond acceptors (Lipinski definition) is 2. The van der Waals surface area contributed by atoms with Gasteiger partial charge in [-0.3, -0.25) is 0 Å². The third-order valence-corrected chi connectivity index (χ3v) is 3.15. The zero-order valence-corrected chi connectivity index (χ0v) is 11.6. The number of nitrogens with one attached hydrogen (secondary N) is 1. The summed E-state index contributed by atoms with van der Waals surface area (Å²) >= 11 is 0. The van der Waals surface area contributed by atoms with Crippen molar-refractivity contribution in [1.29, 1.82) is 5.26 Å². The van der Waals surface area contributed by atoms with Crippen molar-refractivity contribution in [2.45, 2.75) is 26.7 Å². The van der Waals surface area contributed by atoms with Gasteiger partial charge in [0.2, 0.25) is 0 Å². The normalized spacial score (nSPS) is 10.3. The number of aryl methyl sites for hydroxylation is 1. The van der Waals surface area contributed by atoms with E-state index >= 15 is 0 Å². The zero-order chi connectivity index (χ0) is 13.8. The summed E-state index contributed by atoms with van der Waals surface area (Å²) in [4.78, 5) is 0. The van der Waals surface area contributed by atoms with Crippen molar-refractivity contribution in [3.05, 3.63) is 59.2 Å². The van der Waals surface area contributed by atoms with Gasteiger partial charge in [-0.1, -0.05) is 32.0 Å². The first-order valence-corrected chi connectivity index (χ1v) is 6.48. The molecule has 2 aromatic carbocycles. The topological polar surface area (TPSA) is 35.8 Å². The molecule has 0 radical (unpaired) electrons. The maximum absolute atomic E-state index is 9.15. The molecular weight excluding hydrogens is 232 g/mol. The van der Waals surface area contributed by atoms with Crippen LogP contribution < -0.4 is 5.32 Å². The molecule has 2 heteroatoms. The molecule has 1 N–H and O–H groups in total. The second-order valence-corrected chi connectivity index (χ2v) is 5.06. The smallest absolute Gasteiger partial charge is 0.101 e. The number of nitrogens with zero attached hydrogens (tertiary/aromatic N) is 1. The highest BCUT2D eigenvalue weighted by molar-refractivity contribution is 5.67. The lowest BCUT2D eigenvalue weighted by Crippen LogP contribution is -1.95. The number of rotatable bonds is 3. The van der Waals surface area contributed by atoms with Gasteiger partial charge in [-0.15, -0.1) is 0 Å². The predicted molar refractivity (Wildman–Crippen MR) is 79.7 cm³/mol. The van der Waals surface area contributed by atoms with Gasteiger partial charge >= 0.3 is 0 Å². The lowest BCUT2D eigenvalue weighted by molar-refractivity contribution is 0.867. The molecule has 0 aliphatic heterocycles. The first-order chi connectivity index (χ1) is 9.10. The lowest BCUT2D eigenvalue weighted by atomic mass is 10.0. The van der Waals surface area contributed by atoms with Crippen molar-refractivity contribution in [1.82, 2.24) is 0 Å². The number of hydrogen-bond donors (Lipinski definition) is 1. The van der Waals surface area contributed by atoms with Crippen LogP contribution in [0, 0.1) is 18.3 Å². The molecular formula is C17H18N2. The van der Waals surface area contributed by atoms with Crippen LogP contribution in [-0.2, 0) is 0 Å². The van der Waals surface area contributed by atoms with Crippen molar-refractivity contribution >= 4 is 11.4 Å². The van der Waals surface area contributed by atoms with E-state index in [4.69, 9.17) is 5.26 Å². The molecule has 0 saturated heterocycles. The molecule has 2 aromatic rings. The van der Waals surface area contributed by atoms with E-state index in [9.17, 15) is 0 Å². The maximum atomic E-state index is 9.15. The molecule has 0 fully saturated rings. The van der Waals surface area contributed by atoms with Crippen molar-refractivity contribution in [3.8, 4) is 6.07 Å².